The molecule has 0 radical (unpaired) electrons. The van der Waals surface area contributed by atoms with Gasteiger partial charge in [0.2, 0.25) is 0 Å². The van der Waals surface area contributed by atoms with E-state index in [1.807, 2.05) is 26.0 Å². The first-order chi connectivity index (χ1) is 8.55. The molecule has 5 atom stereocenters. The summed E-state index contributed by atoms with van der Waals surface area (Å²) in [4.78, 5) is 0. The number of likely N-dealkylation sites (N-methyl/N-ethyl adjacent to an activating group) is 1. The summed E-state index contributed by atoms with van der Waals surface area (Å²) in [5.74, 6) is 0. The van der Waals surface area contributed by atoms with Crippen molar-refractivity contribution in [3.8, 4) is 0 Å². The van der Waals surface area contributed by atoms with Crippen LogP contribution in [0.15, 0.2) is 24.3 Å². The third kappa shape index (κ3) is 4.38. The number of quaternary nitrogens is 2. The summed E-state index contributed by atoms with van der Waals surface area (Å²) in [5.41, 5.74) is 5.52. The summed E-state index contributed by atoms with van der Waals surface area (Å²) < 4.78 is -0.661. The number of rotatable bonds is 4. The van der Waals surface area contributed by atoms with Gasteiger partial charge in [0, 0.05) is 11.5 Å². The molecule has 0 aromatic heterocycles. The van der Waals surface area contributed by atoms with Gasteiger partial charge in [-0.05, 0) is 25.5 Å². The van der Waals surface area contributed by atoms with E-state index >= 15 is 0 Å². The van der Waals surface area contributed by atoms with Crippen LogP contribution in [0, 0.1) is 15.8 Å². The van der Waals surface area contributed by atoms with Crippen molar-refractivity contribution in [2.45, 2.75) is 38.4 Å². The third-order valence-electron chi connectivity index (χ3n) is 3.49. The molecule has 0 saturated carbocycles. The van der Waals surface area contributed by atoms with E-state index in [0.717, 1.165) is 0 Å². The third-order valence-corrected chi connectivity index (χ3v) is 3.49. The molecule has 0 aromatic rings. The van der Waals surface area contributed by atoms with Crippen LogP contribution in [0.25, 0.3) is 0 Å². The van der Waals surface area contributed by atoms with Crippen LogP contribution in [0.4, 0.5) is 0 Å². The largest absolute Gasteiger partial charge is 0.633 e. The lowest BCUT2D eigenvalue weighted by atomic mass is 9.84. The second kappa shape index (κ2) is 5.70. The molecule has 6 nitrogen and oxygen atoms in total. The zero-order valence-corrected chi connectivity index (χ0v) is 12.0. The highest BCUT2D eigenvalue weighted by Crippen LogP contribution is 2.30. The summed E-state index contributed by atoms with van der Waals surface area (Å²) in [6, 6.07) is -1.42. The minimum Gasteiger partial charge on any atom is -0.633 e. The monoisotopic (exact) mass is 271 g/mol. The molecule has 0 saturated heterocycles. The minimum atomic E-state index is -0.974. The lowest BCUT2D eigenvalue weighted by Crippen LogP contribution is -3.10. The Hall–Kier alpha value is -0.760. The highest BCUT2D eigenvalue weighted by molar-refractivity contribution is 5.18. The number of nitrogens with two attached hydrogens (primary N) is 1. The van der Waals surface area contributed by atoms with Gasteiger partial charge in [0.05, 0.1) is 14.1 Å². The Morgan fingerprint density at radius 2 is 1.95 bits per heavy atom. The van der Waals surface area contributed by atoms with Crippen molar-refractivity contribution in [1.29, 1.82) is 0 Å². The topological polar surface area (TPSA) is 96.8 Å². The van der Waals surface area contributed by atoms with Gasteiger partial charge < -0.3 is 20.8 Å². The number of nitrogens with one attached hydrogen (secondary N) is 1. The Labute approximate surface area is 114 Å². The summed E-state index contributed by atoms with van der Waals surface area (Å²) in [6.07, 6.45) is 7.85. The smallest absolute Gasteiger partial charge is 0.192 e. The summed E-state index contributed by atoms with van der Waals surface area (Å²) in [7, 11) is 2.93. The first kappa shape index (κ1) is 16.3. The van der Waals surface area contributed by atoms with Gasteiger partial charge >= 0.3 is 0 Å². The van der Waals surface area contributed by atoms with Crippen LogP contribution in [0.2, 0.25) is 0 Å². The van der Waals surface area contributed by atoms with Gasteiger partial charge in [-0.1, -0.05) is 19.1 Å². The van der Waals surface area contributed by atoms with Crippen LogP contribution in [-0.4, -0.2) is 42.1 Å². The SMILES string of the molecule is CC(N)CC1(C)C=CC([N+](C)(C)[O-])[C@H]([NH+]([O-])O)C=C1. The first-order valence-corrected chi connectivity index (χ1v) is 6.47. The van der Waals surface area contributed by atoms with Crippen molar-refractivity contribution in [2.75, 3.05) is 14.1 Å². The predicted molar refractivity (Wildman–Crippen MR) is 73.8 cm³/mol. The van der Waals surface area contributed by atoms with Crippen molar-refractivity contribution >= 4 is 0 Å². The average molecular weight is 271 g/mol. The van der Waals surface area contributed by atoms with E-state index in [-0.39, 0.29) is 11.5 Å². The maximum atomic E-state index is 12.1. The molecular formula is C13H25N3O3. The second-order valence-corrected chi connectivity index (χ2v) is 6.19. The van der Waals surface area contributed by atoms with Crippen LogP contribution >= 0.6 is 0 Å². The molecule has 0 spiro atoms. The fraction of sp³-hybridized carbons (Fsp3) is 0.692. The number of allylic oxidation sites excluding steroid dienone is 2. The Kier molecular flexibility index (Phi) is 4.89. The maximum Gasteiger partial charge on any atom is 0.192 e. The Morgan fingerprint density at radius 1 is 1.42 bits per heavy atom. The molecule has 0 amide bonds. The maximum absolute atomic E-state index is 12.1. The average Bonchev–Trinajstić information content (AvgIpc) is 2.35. The van der Waals surface area contributed by atoms with Crippen LogP contribution in [0.1, 0.15) is 20.3 Å². The number of hydrogen-bond acceptors (Lipinski definition) is 4. The molecular weight excluding hydrogens is 246 g/mol. The fourth-order valence-electron chi connectivity index (χ4n) is 2.58. The Balaban J connectivity index is 3.10. The van der Waals surface area contributed by atoms with Crippen molar-refractivity contribution in [2.24, 2.45) is 11.1 Å². The van der Waals surface area contributed by atoms with Gasteiger partial charge in [0.25, 0.3) is 0 Å². The molecule has 0 fully saturated rings. The van der Waals surface area contributed by atoms with Crippen LogP contribution in [0.3, 0.4) is 0 Å². The lowest BCUT2D eigenvalue weighted by molar-refractivity contribution is -1.08. The standard InChI is InChI=1S/C13H25N3O3/c1-10(14)9-13(2)7-5-11(15(17)18)12(6-8-13)16(3,4)19/h5-8,10-12,15,17H,9,14H2,1-4H3/t10?,11-,12?,13?/m1/s1. The molecule has 19 heavy (non-hydrogen) atoms. The first-order valence-electron chi connectivity index (χ1n) is 6.47. The molecule has 110 valence electrons. The molecule has 0 aliphatic heterocycles. The minimum absolute atomic E-state index is 0.00822. The number of hydrogen-bond donors (Lipinski definition) is 3. The van der Waals surface area contributed by atoms with E-state index in [0.29, 0.717) is 6.42 Å². The van der Waals surface area contributed by atoms with Crippen molar-refractivity contribution in [3.63, 3.8) is 0 Å². The van der Waals surface area contributed by atoms with Gasteiger partial charge in [-0.15, -0.1) is 0 Å². The van der Waals surface area contributed by atoms with Crippen molar-refractivity contribution < 1.29 is 15.1 Å². The highest BCUT2D eigenvalue weighted by Gasteiger charge is 2.35. The summed E-state index contributed by atoms with van der Waals surface area (Å²) in [5, 5.41) is 31.8. The van der Waals surface area contributed by atoms with Gasteiger partial charge in [-0.2, -0.15) is 0 Å². The van der Waals surface area contributed by atoms with E-state index in [1.165, 1.54) is 14.1 Å². The van der Waals surface area contributed by atoms with E-state index < -0.39 is 22.0 Å². The van der Waals surface area contributed by atoms with Gasteiger partial charge in [-0.25, -0.2) is 10.4 Å². The highest BCUT2D eigenvalue weighted by atomic mass is 16.8. The number of hydroxylamine groups is 5. The van der Waals surface area contributed by atoms with Crippen LogP contribution < -0.4 is 11.0 Å². The van der Waals surface area contributed by atoms with Crippen LogP contribution in [-0.2, 0) is 0 Å². The summed E-state index contributed by atoms with van der Waals surface area (Å²) >= 11 is 0. The normalized spacial score (nSPS) is 34.9. The molecule has 1 aliphatic rings. The molecule has 0 bridgehead atoms. The van der Waals surface area contributed by atoms with Crippen molar-refractivity contribution in [3.05, 3.63) is 34.7 Å². The fourth-order valence-corrected chi connectivity index (χ4v) is 2.58. The number of nitrogens with zero attached hydrogens (tertiary/aromatic N) is 1. The Bertz CT molecular complexity index is 361. The molecule has 6 heteroatoms. The predicted octanol–water partition coefficient (Wildman–Crippen LogP) is -0.0607. The van der Waals surface area contributed by atoms with E-state index in [2.05, 4.69) is 0 Å². The molecule has 4 unspecified atom stereocenters. The van der Waals surface area contributed by atoms with Gasteiger partial charge in [-0.3, -0.25) is 0 Å². The van der Waals surface area contributed by atoms with Crippen molar-refractivity contribution in [1.82, 2.24) is 0 Å². The molecule has 1 aliphatic carbocycles. The zero-order valence-electron chi connectivity index (χ0n) is 12.0. The quantitative estimate of drug-likeness (QED) is 0.379. The molecule has 4 N–H and O–H groups in total. The zero-order chi connectivity index (χ0) is 14.8. The molecule has 1 rings (SSSR count). The second-order valence-electron chi connectivity index (χ2n) is 6.19. The van der Waals surface area contributed by atoms with E-state index in [9.17, 15) is 15.6 Å². The molecule has 0 heterocycles. The molecule has 0 aromatic carbocycles. The van der Waals surface area contributed by atoms with Gasteiger partial charge in [0.1, 0.15) is 0 Å². The van der Waals surface area contributed by atoms with Crippen LogP contribution in [0.5, 0.6) is 0 Å². The Morgan fingerprint density at radius 3 is 2.37 bits per heavy atom. The lowest BCUT2D eigenvalue weighted by Gasteiger charge is -2.43. The van der Waals surface area contributed by atoms with E-state index in [4.69, 9.17) is 5.73 Å². The van der Waals surface area contributed by atoms with E-state index in [1.54, 1.807) is 12.2 Å². The van der Waals surface area contributed by atoms with Gasteiger partial charge in [0.15, 0.2) is 12.1 Å². The summed E-state index contributed by atoms with van der Waals surface area (Å²) in [6.45, 7) is 3.91.